The molecule has 0 atom stereocenters. The van der Waals surface area contributed by atoms with Gasteiger partial charge in [0.25, 0.3) is 5.56 Å². The third kappa shape index (κ3) is 2.63. The summed E-state index contributed by atoms with van der Waals surface area (Å²) in [6.45, 7) is 0. The molecule has 2 heterocycles. The van der Waals surface area contributed by atoms with E-state index in [1.807, 2.05) is 48.5 Å². The molecule has 4 aromatic rings. The quantitative estimate of drug-likeness (QED) is 0.625. The Kier molecular flexibility index (Phi) is 3.51. The van der Waals surface area contributed by atoms with Crippen LogP contribution in [-0.4, -0.2) is 15.0 Å². The second kappa shape index (κ2) is 5.96. The molecular formula is C19H13N3O2. The highest BCUT2D eigenvalue weighted by molar-refractivity contribution is 5.80. The number of H-pyrrole nitrogens is 1. The van der Waals surface area contributed by atoms with E-state index in [1.54, 1.807) is 24.5 Å². The topological polar surface area (TPSA) is 67.9 Å². The average Bonchev–Trinajstić information content (AvgIpc) is 2.63. The van der Waals surface area contributed by atoms with Crippen molar-refractivity contribution in [2.45, 2.75) is 0 Å². The number of hydrogen-bond donors (Lipinski definition) is 1. The lowest BCUT2D eigenvalue weighted by Crippen LogP contribution is -2.09. The van der Waals surface area contributed by atoms with Crippen molar-refractivity contribution in [2.75, 3.05) is 0 Å². The highest BCUT2D eigenvalue weighted by Gasteiger charge is 2.11. The van der Waals surface area contributed by atoms with Crippen molar-refractivity contribution in [3.8, 4) is 22.9 Å². The summed E-state index contributed by atoms with van der Waals surface area (Å²) in [6.07, 6.45) is 3.31. The van der Waals surface area contributed by atoms with E-state index in [1.165, 1.54) is 0 Å². The molecular weight excluding hydrogens is 302 g/mol. The second-order valence-electron chi connectivity index (χ2n) is 5.22. The highest BCUT2D eigenvalue weighted by atomic mass is 16.5. The van der Waals surface area contributed by atoms with Crippen LogP contribution in [0.4, 0.5) is 0 Å². The largest absolute Gasteiger partial charge is 0.455 e. The number of fused-ring (bicyclic) bond motifs is 1. The van der Waals surface area contributed by atoms with Crippen molar-refractivity contribution in [1.29, 1.82) is 0 Å². The SMILES string of the molecule is O=c1[nH]c(-c2ccccc2Oc2cccnc2)nc2ccccc12. The fraction of sp³-hybridized carbons (Fsp3) is 0. The number of nitrogens with zero attached hydrogens (tertiary/aromatic N) is 2. The van der Waals surface area contributed by atoms with Gasteiger partial charge in [0.05, 0.1) is 22.7 Å². The Balaban J connectivity index is 1.84. The van der Waals surface area contributed by atoms with Gasteiger partial charge in [-0.05, 0) is 36.4 Å². The summed E-state index contributed by atoms with van der Waals surface area (Å²) in [4.78, 5) is 23.7. The summed E-state index contributed by atoms with van der Waals surface area (Å²) >= 11 is 0. The van der Waals surface area contributed by atoms with Crippen molar-refractivity contribution in [3.05, 3.63) is 83.4 Å². The summed E-state index contributed by atoms with van der Waals surface area (Å²) in [6, 6.07) is 18.3. The third-order valence-electron chi connectivity index (χ3n) is 3.62. The van der Waals surface area contributed by atoms with Crippen LogP contribution < -0.4 is 10.3 Å². The van der Waals surface area contributed by atoms with Gasteiger partial charge in [-0.15, -0.1) is 0 Å². The van der Waals surface area contributed by atoms with Crippen LogP contribution in [0.15, 0.2) is 77.9 Å². The van der Waals surface area contributed by atoms with Crippen molar-refractivity contribution >= 4 is 10.9 Å². The molecule has 0 amide bonds. The summed E-state index contributed by atoms with van der Waals surface area (Å²) in [7, 11) is 0. The first-order valence-corrected chi connectivity index (χ1v) is 7.47. The predicted molar refractivity (Wildman–Crippen MR) is 92.1 cm³/mol. The van der Waals surface area contributed by atoms with Gasteiger partial charge in [-0.2, -0.15) is 0 Å². The molecule has 0 saturated carbocycles. The molecule has 2 aromatic heterocycles. The maximum Gasteiger partial charge on any atom is 0.259 e. The van der Waals surface area contributed by atoms with E-state index < -0.39 is 0 Å². The van der Waals surface area contributed by atoms with E-state index in [2.05, 4.69) is 15.0 Å². The highest BCUT2D eigenvalue weighted by Crippen LogP contribution is 2.31. The van der Waals surface area contributed by atoms with E-state index in [9.17, 15) is 4.79 Å². The van der Waals surface area contributed by atoms with Gasteiger partial charge in [0, 0.05) is 6.20 Å². The summed E-state index contributed by atoms with van der Waals surface area (Å²) < 4.78 is 5.89. The lowest BCUT2D eigenvalue weighted by atomic mass is 10.1. The fourth-order valence-corrected chi connectivity index (χ4v) is 2.50. The lowest BCUT2D eigenvalue weighted by Gasteiger charge is -2.10. The minimum absolute atomic E-state index is 0.174. The van der Waals surface area contributed by atoms with Crippen molar-refractivity contribution in [1.82, 2.24) is 15.0 Å². The van der Waals surface area contributed by atoms with E-state index in [0.29, 0.717) is 33.8 Å². The lowest BCUT2D eigenvalue weighted by molar-refractivity contribution is 0.481. The Hall–Kier alpha value is -3.47. The minimum Gasteiger partial charge on any atom is -0.455 e. The molecule has 1 N–H and O–H groups in total. The standard InChI is InChI=1S/C19H13N3O2/c23-19-14-7-1-3-9-16(14)21-18(22-19)15-8-2-4-10-17(15)24-13-6-5-11-20-12-13/h1-12H,(H,21,22,23). The van der Waals surface area contributed by atoms with Gasteiger partial charge in [-0.1, -0.05) is 24.3 Å². The molecule has 116 valence electrons. The number of benzene rings is 2. The van der Waals surface area contributed by atoms with Crippen molar-refractivity contribution in [2.24, 2.45) is 0 Å². The zero-order chi connectivity index (χ0) is 16.4. The monoisotopic (exact) mass is 315 g/mol. The van der Waals surface area contributed by atoms with Crippen LogP contribution in [0.3, 0.4) is 0 Å². The van der Waals surface area contributed by atoms with Gasteiger partial charge < -0.3 is 9.72 Å². The number of pyridine rings is 1. The first-order valence-electron chi connectivity index (χ1n) is 7.47. The molecule has 0 saturated heterocycles. The number of aromatic nitrogens is 3. The van der Waals surface area contributed by atoms with Crippen LogP contribution >= 0.6 is 0 Å². The maximum absolute atomic E-state index is 12.3. The average molecular weight is 315 g/mol. The van der Waals surface area contributed by atoms with Gasteiger partial charge in [-0.25, -0.2) is 4.98 Å². The van der Waals surface area contributed by atoms with Crippen molar-refractivity contribution < 1.29 is 4.74 Å². The van der Waals surface area contributed by atoms with Gasteiger partial charge in [0.15, 0.2) is 0 Å². The molecule has 5 heteroatoms. The Bertz CT molecular complexity index is 1060. The van der Waals surface area contributed by atoms with E-state index in [-0.39, 0.29) is 5.56 Å². The van der Waals surface area contributed by atoms with Crippen LogP contribution in [0.5, 0.6) is 11.5 Å². The number of aromatic amines is 1. The van der Waals surface area contributed by atoms with Gasteiger partial charge in [-0.3, -0.25) is 9.78 Å². The smallest absolute Gasteiger partial charge is 0.259 e. The first-order chi connectivity index (χ1) is 11.8. The van der Waals surface area contributed by atoms with Crippen LogP contribution in [0.1, 0.15) is 0 Å². The number of ether oxygens (including phenoxy) is 1. The molecule has 24 heavy (non-hydrogen) atoms. The van der Waals surface area contributed by atoms with Gasteiger partial charge >= 0.3 is 0 Å². The van der Waals surface area contributed by atoms with Crippen molar-refractivity contribution in [3.63, 3.8) is 0 Å². The number of hydrogen-bond acceptors (Lipinski definition) is 4. The van der Waals surface area contributed by atoms with Crippen LogP contribution in [0, 0.1) is 0 Å². The number of nitrogens with one attached hydrogen (secondary N) is 1. The third-order valence-corrected chi connectivity index (χ3v) is 3.62. The molecule has 0 fully saturated rings. The molecule has 2 aromatic carbocycles. The Morgan fingerprint density at radius 1 is 0.917 bits per heavy atom. The molecule has 0 aliphatic carbocycles. The zero-order valence-electron chi connectivity index (χ0n) is 12.6. The molecule has 0 radical (unpaired) electrons. The van der Waals surface area contributed by atoms with Crippen LogP contribution in [0.25, 0.3) is 22.3 Å². The minimum atomic E-state index is -0.174. The maximum atomic E-state index is 12.3. The summed E-state index contributed by atoms with van der Waals surface area (Å²) in [5.74, 6) is 1.69. The van der Waals surface area contributed by atoms with E-state index >= 15 is 0 Å². The Morgan fingerprint density at radius 3 is 2.62 bits per heavy atom. The first kappa shape index (κ1) is 14.1. The van der Waals surface area contributed by atoms with Crippen LogP contribution in [-0.2, 0) is 0 Å². The second-order valence-corrected chi connectivity index (χ2v) is 5.22. The van der Waals surface area contributed by atoms with Gasteiger partial charge in [0.2, 0.25) is 0 Å². The molecule has 5 nitrogen and oxygen atoms in total. The Labute approximate surface area is 137 Å². The van der Waals surface area contributed by atoms with E-state index in [0.717, 1.165) is 0 Å². The Morgan fingerprint density at radius 2 is 1.75 bits per heavy atom. The van der Waals surface area contributed by atoms with E-state index in [4.69, 9.17) is 4.74 Å². The zero-order valence-corrected chi connectivity index (χ0v) is 12.6. The molecule has 0 unspecified atom stereocenters. The number of para-hydroxylation sites is 2. The molecule has 4 rings (SSSR count). The fourth-order valence-electron chi connectivity index (χ4n) is 2.50. The molecule has 0 bridgehead atoms. The normalized spacial score (nSPS) is 10.7. The van der Waals surface area contributed by atoms with Crippen LogP contribution in [0.2, 0.25) is 0 Å². The molecule has 0 spiro atoms. The predicted octanol–water partition coefficient (Wildman–Crippen LogP) is 3.78. The molecule has 0 aliphatic heterocycles. The molecule has 0 aliphatic rings. The van der Waals surface area contributed by atoms with Gasteiger partial charge in [0.1, 0.15) is 17.3 Å². The summed E-state index contributed by atoms with van der Waals surface area (Å²) in [5, 5.41) is 0.562. The summed E-state index contributed by atoms with van der Waals surface area (Å²) in [5.41, 5.74) is 1.18. The number of rotatable bonds is 3.